The fourth-order valence-electron chi connectivity index (χ4n) is 3.39. The van der Waals surface area contributed by atoms with Gasteiger partial charge in [-0.3, -0.25) is 4.90 Å². The third-order valence-corrected chi connectivity index (χ3v) is 6.64. The number of benzene rings is 2. The van der Waals surface area contributed by atoms with Gasteiger partial charge in [-0.25, -0.2) is 12.8 Å². The van der Waals surface area contributed by atoms with Crippen molar-refractivity contribution in [2.24, 2.45) is 0 Å². The van der Waals surface area contributed by atoms with Gasteiger partial charge in [0.25, 0.3) is 0 Å². The summed E-state index contributed by atoms with van der Waals surface area (Å²) in [7, 11) is -3.43. The lowest BCUT2D eigenvalue weighted by Crippen LogP contribution is -2.49. The third-order valence-electron chi connectivity index (χ3n) is 4.79. The van der Waals surface area contributed by atoms with Crippen LogP contribution in [0.3, 0.4) is 0 Å². The highest BCUT2D eigenvalue weighted by Gasteiger charge is 2.31. The molecule has 1 aliphatic heterocycles. The lowest BCUT2D eigenvalue weighted by Gasteiger charge is -2.36. The van der Waals surface area contributed by atoms with E-state index in [4.69, 9.17) is 0 Å². The van der Waals surface area contributed by atoms with Crippen molar-refractivity contribution in [1.82, 2.24) is 9.21 Å². The molecule has 0 bridgehead atoms. The predicted molar refractivity (Wildman–Crippen MR) is 102 cm³/mol. The van der Waals surface area contributed by atoms with Crippen LogP contribution >= 0.6 is 0 Å². The number of hydrogen-bond acceptors (Lipinski definition) is 4. The van der Waals surface area contributed by atoms with Gasteiger partial charge in [0.2, 0.25) is 10.0 Å². The van der Waals surface area contributed by atoms with Gasteiger partial charge in [-0.15, -0.1) is 0 Å². The minimum absolute atomic E-state index is 0.0380. The van der Waals surface area contributed by atoms with E-state index in [-0.39, 0.29) is 5.75 Å². The van der Waals surface area contributed by atoms with Crippen LogP contribution in [-0.4, -0.2) is 43.8 Å². The van der Waals surface area contributed by atoms with E-state index in [2.05, 4.69) is 6.07 Å². The highest BCUT2D eigenvalue weighted by Crippen LogP contribution is 2.25. The van der Waals surface area contributed by atoms with Gasteiger partial charge >= 0.3 is 0 Å². The van der Waals surface area contributed by atoms with Crippen LogP contribution in [0.1, 0.15) is 22.7 Å². The fourth-order valence-corrected chi connectivity index (χ4v) is 4.89. The maximum absolute atomic E-state index is 14.0. The Morgan fingerprint density at radius 1 is 1.11 bits per heavy atom. The topological polar surface area (TPSA) is 64.4 Å². The van der Waals surface area contributed by atoms with Crippen molar-refractivity contribution in [1.29, 1.82) is 5.26 Å². The molecule has 27 heavy (non-hydrogen) atoms. The second-order valence-corrected chi connectivity index (χ2v) is 8.70. The van der Waals surface area contributed by atoms with Crippen molar-refractivity contribution in [3.8, 4) is 6.07 Å². The molecule has 1 heterocycles. The largest absolute Gasteiger partial charge is 0.282 e. The van der Waals surface area contributed by atoms with Gasteiger partial charge in [0, 0.05) is 31.7 Å². The molecule has 0 spiro atoms. The molecule has 7 heteroatoms. The Morgan fingerprint density at radius 2 is 1.81 bits per heavy atom. The first-order valence-corrected chi connectivity index (χ1v) is 10.4. The summed E-state index contributed by atoms with van der Waals surface area (Å²) in [6.45, 7) is 3.29. The van der Waals surface area contributed by atoms with Gasteiger partial charge in [0.05, 0.1) is 11.8 Å². The molecule has 2 aromatic rings. The zero-order valence-corrected chi connectivity index (χ0v) is 16.0. The van der Waals surface area contributed by atoms with Crippen LogP contribution in [0.15, 0.2) is 48.5 Å². The van der Waals surface area contributed by atoms with Crippen LogP contribution in [0.5, 0.6) is 0 Å². The fraction of sp³-hybridized carbons (Fsp3) is 0.350. The Bertz CT molecular complexity index is 948. The van der Waals surface area contributed by atoms with Crippen molar-refractivity contribution in [3.63, 3.8) is 0 Å². The number of hydrogen-bond donors (Lipinski definition) is 0. The smallest absolute Gasteiger partial charge is 0.218 e. The number of piperazine rings is 1. The van der Waals surface area contributed by atoms with Crippen molar-refractivity contribution in [2.45, 2.75) is 18.7 Å². The highest BCUT2D eigenvalue weighted by atomic mass is 32.2. The van der Waals surface area contributed by atoms with Crippen LogP contribution in [0.25, 0.3) is 0 Å². The molecule has 0 amide bonds. The van der Waals surface area contributed by atoms with Gasteiger partial charge in [-0.05, 0) is 18.6 Å². The van der Waals surface area contributed by atoms with Crippen LogP contribution in [0.4, 0.5) is 4.39 Å². The first kappa shape index (κ1) is 19.5. The number of nitrogens with zero attached hydrogens (tertiary/aromatic N) is 3. The third kappa shape index (κ3) is 4.53. The number of rotatable bonds is 5. The van der Waals surface area contributed by atoms with E-state index in [1.807, 2.05) is 36.1 Å². The normalized spacial score (nSPS) is 17.4. The minimum Gasteiger partial charge on any atom is -0.282 e. The summed E-state index contributed by atoms with van der Waals surface area (Å²) in [5, 5.41) is 9.51. The van der Waals surface area contributed by atoms with Crippen LogP contribution in [0.2, 0.25) is 0 Å². The lowest BCUT2D eigenvalue weighted by atomic mass is 10.1. The molecule has 5 nitrogen and oxygen atoms in total. The summed E-state index contributed by atoms with van der Waals surface area (Å²) in [6, 6.07) is 15.1. The summed E-state index contributed by atoms with van der Waals surface area (Å²) in [5.74, 6) is -0.456. The summed E-state index contributed by atoms with van der Waals surface area (Å²) < 4.78 is 40.9. The molecule has 1 atom stereocenters. The second kappa shape index (κ2) is 8.17. The molecule has 142 valence electrons. The standard InChI is InChI=1S/C20H22FN3O2S/c1-16-5-4-6-17(13-16)15-27(25,26)24-11-9-23(10-12-24)20(14-22)18-7-2-3-8-19(18)21/h2-8,13,20H,9-12,15H2,1H3. The summed E-state index contributed by atoms with van der Waals surface area (Å²) in [4.78, 5) is 1.83. The Balaban J connectivity index is 1.67. The Kier molecular flexibility index (Phi) is 5.90. The zero-order valence-electron chi connectivity index (χ0n) is 15.2. The highest BCUT2D eigenvalue weighted by molar-refractivity contribution is 7.88. The van der Waals surface area contributed by atoms with Crippen molar-refractivity contribution in [3.05, 3.63) is 71.0 Å². The molecule has 0 aromatic heterocycles. The number of halogens is 1. The van der Waals surface area contributed by atoms with Gasteiger partial charge in [-0.2, -0.15) is 9.57 Å². The van der Waals surface area contributed by atoms with E-state index in [0.29, 0.717) is 31.7 Å². The maximum Gasteiger partial charge on any atom is 0.218 e. The zero-order chi connectivity index (χ0) is 19.4. The molecule has 0 radical (unpaired) electrons. The number of sulfonamides is 1. The summed E-state index contributed by atoms with van der Waals surface area (Å²) in [5.41, 5.74) is 2.11. The predicted octanol–water partition coefficient (Wildman–Crippen LogP) is 2.85. The van der Waals surface area contributed by atoms with Gasteiger partial charge in [-0.1, -0.05) is 48.0 Å². The molecular formula is C20H22FN3O2S. The molecular weight excluding hydrogens is 365 g/mol. The average Bonchev–Trinajstić information content (AvgIpc) is 2.64. The van der Waals surface area contributed by atoms with Crippen molar-refractivity contribution in [2.75, 3.05) is 26.2 Å². The lowest BCUT2D eigenvalue weighted by molar-refractivity contribution is 0.160. The Labute approximate surface area is 159 Å². The minimum atomic E-state index is -3.43. The quantitative estimate of drug-likeness (QED) is 0.791. The molecule has 0 saturated carbocycles. The molecule has 0 aliphatic carbocycles. The molecule has 1 aliphatic rings. The van der Waals surface area contributed by atoms with E-state index in [1.54, 1.807) is 18.2 Å². The monoisotopic (exact) mass is 387 g/mol. The van der Waals surface area contributed by atoms with Crippen molar-refractivity contribution >= 4 is 10.0 Å². The van der Waals surface area contributed by atoms with Crippen LogP contribution < -0.4 is 0 Å². The first-order valence-electron chi connectivity index (χ1n) is 8.82. The summed E-state index contributed by atoms with van der Waals surface area (Å²) >= 11 is 0. The van der Waals surface area contributed by atoms with E-state index < -0.39 is 21.9 Å². The van der Waals surface area contributed by atoms with Gasteiger partial charge < -0.3 is 0 Å². The van der Waals surface area contributed by atoms with Crippen molar-refractivity contribution < 1.29 is 12.8 Å². The van der Waals surface area contributed by atoms with E-state index in [9.17, 15) is 18.1 Å². The van der Waals surface area contributed by atoms with E-state index in [1.165, 1.54) is 10.4 Å². The molecule has 0 N–H and O–H groups in total. The van der Waals surface area contributed by atoms with E-state index in [0.717, 1.165) is 11.1 Å². The van der Waals surface area contributed by atoms with Crippen LogP contribution in [0, 0.1) is 24.1 Å². The second-order valence-electron chi connectivity index (χ2n) is 6.73. The molecule has 2 aromatic carbocycles. The van der Waals surface area contributed by atoms with E-state index >= 15 is 0 Å². The molecule has 1 fully saturated rings. The molecule has 1 saturated heterocycles. The Hall–Kier alpha value is -2.27. The number of aryl methyl sites for hydroxylation is 1. The van der Waals surface area contributed by atoms with Gasteiger partial charge in [0.1, 0.15) is 11.9 Å². The van der Waals surface area contributed by atoms with Crippen LogP contribution in [-0.2, 0) is 15.8 Å². The SMILES string of the molecule is Cc1cccc(CS(=O)(=O)N2CCN(C(C#N)c3ccccc3F)CC2)c1. The van der Waals surface area contributed by atoms with Gasteiger partial charge in [0.15, 0.2) is 0 Å². The Morgan fingerprint density at radius 3 is 2.44 bits per heavy atom. The average molecular weight is 387 g/mol. The molecule has 3 rings (SSSR count). The molecule has 1 unspecified atom stereocenters. The first-order chi connectivity index (χ1) is 12.9. The maximum atomic E-state index is 14.0. The number of nitriles is 1. The summed E-state index contributed by atoms with van der Waals surface area (Å²) in [6.07, 6.45) is 0.